The molecule has 1 unspecified atom stereocenters. The number of rotatable bonds is 4. The van der Waals surface area contributed by atoms with Crippen LogP contribution in [-0.2, 0) is 0 Å². The third-order valence-electron chi connectivity index (χ3n) is 3.62. The first-order valence-corrected chi connectivity index (χ1v) is 8.31. The normalized spacial score (nSPS) is 17.4. The van der Waals surface area contributed by atoms with E-state index in [2.05, 4.69) is 20.5 Å². The molecule has 0 spiro atoms. The summed E-state index contributed by atoms with van der Waals surface area (Å²) in [5.74, 6) is 0. The zero-order valence-corrected chi connectivity index (χ0v) is 14.6. The van der Waals surface area contributed by atoms with Gasteiger partial charge >= 0.3 is 0 Å². The molecule has 0 aromatic heterocycles. The minimum absolute atomic E-state index is 0.0747. The highest BCUT2D eigenvalue weighted by Crippen LogP contribution is 2.28. The molecule has 6 heteroatoms. The van der Waals surface area contributed by atoms with Gasteiger partial charge in [0, 0.05) is 6.04 Å². The lowest BCUT2D eigenvalue weighted by molar-refractivity contribution is 0.813. The van der Waals surface area contributed by atoms with Crippen LogP contribution in [-0.4, -0.2) is 6.04 Å². The molecular weight excluding hydrogens is 334 g/mol. The second-order valence-electron chi connectivity index (χ2n) is 5.76. The summed E-state index contributed by atoms with van der Waals surface area (Å²) < 4.78 is 0. The molecule has 2 aromatic rings. The first kappa shape index (κ1) is 17.2. The molecule has 25 heavy (non-hydrogen) atoms. The molecule has 3 rings (SSSR count). The molecule has 0 saturated carbocycles. The van der Waals surface area contributed by atoms with Crippen LogP contribution in [0.25, 0.3) is 0 Å². The summed E-state index contributed by atoms with van der Waals surface area (Å²) >= 11 is 6.15. The molecule has 0 aliphatic heterocycles. The van der Waals surface area contributed by atoms with E-state index in [1.165, 1.54) is 0 Å². The summed E-state index contributed by atoms with van der Waals surface area (Å²) in [6.45, 7) is 1.98. The number of nitrogens with zero attached hydrogens (tertiary/aromatic N) is 4. The number of allylic oxidation sites excluding steroid dienone is 1. The van der Waals surface area contributed by atoms with Crippen LogP contribution in [0.5, 0.6) is 0 Å². The van der Waals surface area contributed by atoms with Crippen molar-refractivity contribution in [3.05, 3.63) is 77.0 Å². The largest absolute Gasteiger partial charge is 0.324 e. The number of hydrogen-bond acceptors (Lipinski definition) is 5. The second-order valence-corrected chi connectivity index (χ2v) is 6.17. The van der Waals surface area contributed by atoms with Gasteiger partial charge in [0.15, 0.2) is 0 Å². The van der Waals surface area contributed by atoms with Gasteiger partial charge in [0.05, 0.1) is 22.1 Å². The highest BCUT2D eigenvalue weighted by atomic mass is 35.5. The topological polar surface area (TPSA) is 75.5 Å². The average Bonchev–Trinajstić information content (AvgIpc) is 2.61. The Balaban J connectivity index is 1.66. The van der Waals surface area contributed by atoms with Crippen molar-refractivity contribution in [1.29, 1.82) is 0 Å². The fourth-order valence-corrected chi connectivity index (χ4v) is 2.48. The van der Waals surface area contributed by atoms with Crippen LogP contribution in [0.1, 0.15) is 12.0 Å². The minimum Gasteiger partial charge on any atom is -0.324 e. The zero-order chi connectivity index (χ0) is 17.6. The number of halogens is 1. The van der Waals surface area contributed by atoms with Crippen molar-refractivity contribution in [1.82, 2.24) is 0 Å². The van der Waals surface area contributed by atoms with E-state index in [0.717, 1.165) is 29.1 Å². The van der Waals surface area contributed by atoms with Crippen LogP contribution >= 0.6 is 11.6 Å². The lowest BCUT2D eigenvalue weighted by Gasteiger charge is -2.07. The molecular formula is C19H18ClN5. The van der Waals surface area contributed by atoms with E-state index in [0.29, 0.717) is 10.7 Å². The summed E-state index contributed by atoms with van der Waals surface area (Å²) in [7, 11) is 0. The quantitative estimate of drug-likeness (QED) is 0.643. The first-order chi connectivity index (χ1) is 12.1. The fraction of sp³-hybridized carbons (Fsp3) is 0.158. The lowest BCUT2D eigenvalue weighted by Crippen LogP contribution is -2.17. The van der Waals surface area contributed by atoms with Crippen molar-refractivity contribution in [2.75, 3.05) is 0 Å². The van der Waals surface area contributed by atoms with E-state index in [9.17, 15) is 0 Å². The lowest BCUT2D eigenvalue weighted by atomic mass is 10.1. The molecule has 0 fully saturated rings. The maximum atomic E-state index is 6.15. The number of aryl methyl sites for hydroxylation is 1. The molecule has 0 saturated heterocycles. The number of hydrogen-bond donors (Lipinski definition) is 1. The van der Waals surface area contributed by atoms with Gasteiger partial charge in [-0.05, 0) is 61.4 Å². The van der Waals surface area contributed by atoms with E-state index in [1.807, 2.05) is 67.6 Å². The predicted octanol–water partition coefficient (Wildman–Crippen LogP) is 6.32. The van der Waals surface area contributed by atoms with Crippen molar-refractivity contribution in [2.45, 2.75) is 19.4 Å². The van der Waals surface area contributed by atoms with Gasteiger partial charge in [0.1, 0.15) is 5.69 Å². The molecule has 1 aliphatic carbocycles. The van der Waals surface area contributed by atoms with Gasteiger partial charge in [-0.25, -0.2) is 0 Å². The van der Waals surface area contributed by atoms with Crippen LogP contribution in [0, 0.1) is 6.92 Å². The van der Waals surface area contributed by atoms with Crippen LogP contribution in [0.4, 0.5) is 17.1 Å². The van der Waals surface area contributed by atoms with Gasteiger partial charge < -0.3 is 5.73 Å². The molecule has 2 N–H and O–H groups in total. The highest BCUT2D eigenvalue weighted by molar-refractivity contribution is 6.33. The van der Waals surface area contributed by atoms with E-state index >= 15 is 0 Å². The van der Waals surface area contributed by atoms with Crippen molar-refractivity contribution >= 4 is 28.7 Å². The maximum Gasteiger partial charge on any atom is 0.104 e. The highest BCUT2D eigenvalue weighted by Gasteiger charge is 2.02. The van der Waals surface area contributed by atoms with E-state index in [1.54, 1.807) is 0 Å². The molecule has 0 amide bonds. The summed E-state index contributed by atoms with van der Waals surface area (Å²) in [6, 6.07) is 13.1. The summed E-state index contributed by atoms with van der Waals surface area (Å²) in [4.78, 5) is 0. The molecule has 1 aliphatic rings. The Kier molecular flexibility index (Phi) is 5.48. The van der Waals surface area contributed by atoms with Gasteiger partial charge in [0.2, 0.25) is 0 Å². The van der Waals surface area contributed by atoms with Crippen LogP contribution < -0.4 is 5.73 Å². The Labute approximate surface area is 151 Å². The number of nitrogens with two attached hydrogens (primary N) is 1. The van der Waals surface area contributed by atoms with Gasteiger partial charge in [-0.3, -0.25) is 0 Å². The van der Waals surface area contributed by atoms with Crippen LogP contribution in [0.15, 0.2) is 86.8 Å². The monoisotopic (exact) mass is 351 g/mol. The Morgan fingerprint density at radius 1 is 0.960 bits per heavy atom. The van der Waals surface area contributed by atoms with Crippen molar-refractivity contribution in [3.63, 3.8) is 0 Å². The van der Waals surface area contributed by atoms with Gasteiger partial charge in [-0.2, -0.15) is 15.3 Å². The van der Waals surface area contributed by atoms with Gasteiger partial charge in [-0.15, -0.1) is 5.11 Å². The van der Waals surface area contributed by atoms with E-state index in [-0.39, 0.29) is 6.04 Å². The summed E-state index contributed by atoms with van der Waals surface area (Å²) in [5.41, 5.74) is 9.79. The van der Waals surface area contributed by atoms with Crippen molar-refractivity contribution < 1.29 is 0 Å². The van der Waals surface area contributed by atoms with Gasteiger partial charge in [-0.1, -0.05) is 29.8 Å². The smallest absolute Gasteiger partial charge is 0.104 e. The van der Waals surface area contributed by atoms with Crippen molar-refractivity contribution in [3.8, 4) is 0 Å². The standard InChI is InChI=1S/C19H18ClN5/c1-13-2-11-19(18(20)12-13)25-24-17-9-7-16(8-10-17)23-22-15-5-3-14(21)4-6-15/h2-3,5-12,14H,4,21H2,1H3/b23-22-,25-24-. The summed E-state index contributed by atoms with van der Waals surface area (Å²) in [6.07, 6.45) is 6.56. The molecule has 1 atom stereocenters. The average molecular weight is 352 g/mol. The Morgan fingerprint density at radius 2 is 1.64 bits per heavy atom. The summed E-state index contributed by atoms with van der Waals surface area (Å²) in [5, 5.41) is 17.4. The fourth-order valence-electron chi connectivity index (χ4n) is 2.21. The van der Waals surface area contributed by atoms with Crippen molar-refractivity contribution in [2.24, 2.45) is 26.2 Å². The number of azo groups is 2. The van der Waals surface area contributed by atoms with E-state index in [4.69, 9.17) is 17.3 Å². The third-order valence-corrected chi connectivity index (χ3v) is 3.92. The first-order valence-electron chi connectivity index (χ1n) is 7.94. The van der Waals surface area contributed by atoms with Crippen LogP contribution in [0.2, 0.25) is 5.02 Å². The molecule has 0 radical (unpaired) electrons. The SMILES string of the molecule is Cc1ccc(/N=N\c2ccc(/N=N\C3=CCC(N)C=C3)cc2)c(Cl)c1. The molecule has 0 bridgehead atoms. The Morgan fingerprint density at radius 3 is 2.24 bits per heavy atom. The molecule has 5 nitrogen and oxygen atoms in total. The Bertz CT molecular complexity index is 866. The van der Waals surface area contributed by atoms with Gasteiger partial charge in [0.25, 0.3) is 0 Å². The number of benzene rings is 2. The minimum atomic E-state index is 0.0747. The maximum absolute atomic E-state index is 6.15. The molecule has 126 valence electrons. The Hall–Kier alpha value is -2.63. The molecule has 2 aromatic carbocycles. The van der Waals surface area contributed by atoms with Crippen LogP contribution in [0.3, 0.4) is 0 Å². The zero-order valence-electron chi connectivity index (χ0n) is 13.8. The van der Waals surface area contributed by atoms with E-state index < -0.39 is 0 Å². The molecule has 0 heterocycles. The predicted molar refractivity (Wildman–Crippen MR) is 101 cm³/mol. The third kappa shape index (κ3) is 4.92. The second kappa shape index (κ2) is 7.96.